The Labute approximate surface area is 119 Å². The number of nitrogens with zero attached hydrogens (tertiary/aromatic N) is 1. The number of phenols is 1. The lowest BCUT2D eigenvalue weighted by Crippen LogP contribution is -2.16. The van der Waals surface area contributed by atoms with Crippen LogP contribution in [0.5, 0.6) is 11.5 Å². The third-order valence-corrected chi connectivity index (χ3v) is 3.48. The van der Waals surface area contributed by atoms with Gasteiger partial charge in [0.2, 0.25) is 0 Å². The normalized spacial score (nSPS) is 11.4. The highest BCUT2D eigenvalue weighted by Crippen LogP contribution is 2.42. The van der Waals surface area contributed by atoms with E-state index < -0.39 is 11.7 Å². The second-order valence-electron chi connectivity index (χ2n) is 3.24. The molecule has 6 nitrogen and oxygen atoms in total. The summed E-state index contributed by atoms with van der Waals surface area (Å²) in [5.74, 6) is -1.15. The molecular weight excluding hydrogens is 374 g/mol. The second-order valence-corrected chi connectivity index (χ2v) is 4.89. The van der Waals surface area contributed by atoms with Crippen molar-refractivity contribution in [2.24, 2.45) is 5.16 Å². The molecule has 0 amide bonds. The van der Waals surface area contributed by atoms with E-state index >= 15 is 0 Å². The van der Waals surface area contributed by atoms with E-state index in [9.17, 15) is 9.90 Å². The van der Waals surface area contributed by atoms with Gasteiger partial charge in [-0.1, -0.05) is 5.16 Å². The standard InChI is InChI=1S/C10H9Br2NO5/c1-18-9-5(11)2-4(8(14)7(9)12)3-6(13-17)10(15)16/h2,14,17H,3H2,1H3,(H,15,16)/b13-6+. The van der Waals surface area contributed by atoms with Crippen LogP contribution in [0.4, 0.5) is 0 Å². The highest BCUT2D eigenvalue weighted by molar-refractivity contribution is 9.11. The van der Waals surface area contributed by atoms with Crippen LogP contribution in [-0.2, 0) is 11.2 Å². The number of phenolic OH excluding ortho intramolecular Hbond substituents is 1. The fourth-order valence-corrected chi connectivity index (χ4v) is 2.83. The average Bonchev–Trinajstić information content (AvgIpc) is 2.32. The Morgan fingerprint density at radius 3 is 2.56 bits per heavy atom. The van der Waals surface area contributed by atoms with Gasteiger partial charge in [-0.05, 0) is 37.9 Å². The Morgan fingerprint density at radius 2 is 2.11 bits per heavy atom. The average molecular weight is 383 g/mol. The van der Waals surface area contributed by atoms with Crippen LogP contribution in [0.25, 0.3) is 0 Å². The molecule has 98 valence electrons. The van der Waals surface area contributed by atoms with E-state index in [2.05, 4.69) is 37.0 Å². The number of ether oxygens (including phenoxy) is 1. The predicted octanol–water partition coefficient (Wildman–Crippen LogP) is 2.38. The number of methoxy groups -OCH3 is 1. The van der Waals surface area contributed by atoms with Gasteiger partial charge in [-0.25, -0.2) is 4.79 Å². The molecule has 3 N–H and O–H groups in total. The lowest BCUT2D eigenvalue weighted by Gasteiger charge is -2.11. The Kier molecular flexibility index (Phi) is 4.97. The maximum atomic E-state index is 10.7. The first kappa shape index (κ1) is 14.8. The van der Waals surface area contributed by atoms with Crippen LogP contribution in [0.1, 0.15) is 5.56 Å². The zero-order valence-electron chi connectivity index (χ0n) is 9.15. The van der Waals surface area contributed by atoms with Crippen molar-refractivity contribution in [2.75, 3.05) is 7.11 Å². The molecule has 0 aliphatic heterocycles. The molecular formula is C10H9Br2NO5. The molecule has 0 fully saturated rings. The third-order valence-electron chi connectivity index (χ3n) is 2.16. The van der Waals surface area contributed by atoms with Gasteiger partial charge in [-0.2, -0.15) is 0 Å². The largest absolute Gasteiger partial charge is 0.506 e. The van der Waals surface area contributed by atoms with E-state index in [4.69, 9.17) is 15.1 Å². The minimum atomic E-state index is -1.36. The van der Waals surface area contributed by atoms with E-state index in [1.807, 2.05) is 0 Å². The molecule has 0 aromatic heterocycles. The van der Waals surface area contributed by atoms with Gasteiger partial charge in [-0.3, -0.25) is 0 Å². The van der Waals surface area contributed by atoms with Gasteiger partial charge in [0, 0.05) is 12.0 Å². The van der Waals surface area contributed by atoms with Gasteiger partial charge in [0.25, 0.3) is 0 Å². The SMILES string of the molecule is COc1c(Br)cc(C/C(=N\O)C(=O)O)c(O)c1Br. The van der Waals surface area contributed by atoms with Crippen LogP contribution in [0, 0.1) is 0 Å². The number of halogens is 2. The fraction of sp³-hybridized carbons (Fsp3) is 0.200. The van der Waals surface area contributed by atoms with Crippen molar-refractivity contribution in [3.05, 3.63) is 20.6 Å². The minimum absolute atomic E-state index is 0.169. The van der Waals surface area contributed by atoms with E-state index in [0.29, 0.717) is 10.2 Å². The van der Waals surface area contributed by atoms with Gasteiger partial charge in [0.1, 0.15) is 10.2 Å². The van der Waals surface area contributed by atoms with Gasteiger partial charge in [0.15, 0.2) is 11.5 Å². The molecule has 0 aliphatic rings. The summed E-state index contributed by atoms with van der Waals surface area (Å²) in [6, 6.07) is 1.49. The van der Waals surface area contributed by atoms with Crippen molar-refractivity contribution in [2.45, 2.75) is 6.42 Å². The quantitative estimate of drug-likeness (QED) is 0.421. The van der Waals surface area contributed by atoms with Crippen LogP contribution in [0.15, 0.2) is 20.2 Å². The number of benzene rings is 1. The van der Waals surface area contributed by atoms with Gasteiger partial charge >= 0.3 is 5.97 Å². The molecule has 0 saturated heterocycles. The lowest BCUT2D eigenvalue weighted by atomic mass is 10.1. The summed E-state index contributed by atoms with van der Waals surface area (Å²) in [5.41, 5.74) is -0.195. The number of carboxylic acids is 1. The number of hydrogen-bond acceptors (Lipinski definition) is 5. The lowest BCUT2D eigenvalue weighted by molar-refractivity contribution is -0.129. The van der Waals surface area contributed by atoms with Crippen molar-refractivity contribution >= 4 is 43.5 Å². The zero-order valence-corrected chi connectivity index (χ0v) is 12.3. The number of hydrogen-bond donors (Lipinski definition) is 3. The molecule has 1 rings (SSSR count). The molecule has 0 spiro atoms. The van der Waals surface area contributed by atoms with Crippen LogP contribution in [0.3, 0.4) is 0 Å². The maximum Gasteiger partial charge on any atom is 0.354 e. The van der Waals surface area contributed by atoms with Crippen molar-refractivity contribution in [1.82, 2.24) is 0 Å². The van der Waals surface area contributed by atoms with Gasteiger partial charge < -0.3 is 20.2 Å². The van der Waals surface area contributed by atoms with Crippen LogP contribution in [-0.4, -0.2) is 34.2 Å². The summed E-state index contributed by atoms with van der Waals surface area (Å²) in [7, 11) is 1.43. The van der Waals surface area contributed by atoms with Crippen LogP contribution < -0.4 is 4.74 Å². The van der Waals surface area contributed by atoms with Gasteiger partial charge in [-0.15, -0.1) is 0 Å². The second kappa shape index (κ2) is 6.05. The van der Waals surface area contributed by atoms with Crippen molar-refractivity contribution in [3.8, 4) is 11.5 Å². The number of carbonyl (C=O) groups is 1. The van der Waals surface area contributed by atoms with Crippen LogP contribution in [0.2, 0.25) is 0 Å². The predicted molar refractivity (Wildman–Crippen MR) is 70.6 cm³/mol. The van der Waals surface area contributed by atoms with E-state index in [1.165, 1.54) is 13.2 Å². The Balaban J connectivity index is 3.24. The summed E-state index contributed by atoms with van der Waals surface area (Å²) in [6.45, 7) is 0. The minimum Gasteiger partial charge on any atom is -0.506 e. The van der Waals surface area contributed by atoms with Crippen molar-refractivity contribution < 1.29 is 25.0 Å². The number of rotatable bonds is 4. The molecule has 18 heavy (non-hydrogen) atoms. The Morgan fingerprint density at radius 1 is 1.50 bits per heavy atom. The number of aliphatic carboxylic acids is 1. The van der Waals surface area contributed by atoms with E-state index in [1.54, 1.807) is 0 Å². The molecule has 0 bridgehead atoms. The van der Waals surface area contributed by atoms with Crippen LogP contribution >= 0.6 is 31.9 Å². The Bertz CT molecular complexity index is 515. The summed E-state index contributed by atoms with van der Waals surface area (Å²) in [5, 5.41) is 29.9. The number of oxime groups is 1. The zero-order chi connectivity index (χ0) is 13.9. The summed E-state index contributed by atoms with van der Waals surface area (Å²) in [6.07, 6.45) is -0.223. The van der Waals surface area contributed by atoms with Crippen molar-refractivity contribution in [3.63, 3.8) is 0 Å². The molecule has 0 unspecified atom stereocenters. The summed E-state index contributed by atoms with van der Waals surface area (Å²) in [4.78, 5) is 10.7. The molecule has 0 atom stereocenters. The molecule has 1 aromatic carbocycles. The first-order chi connectivity index (χ1) is 8.42. The highest BCUT2D eigenvalue weighted by atomic mass is 79.9. The van der Waals surface area contributed by atoms with E-state index in [-0.39, 0.29) is 22.2 Å². The van der Waals surface area contributed by atoms with E-state index in [0.717, 1.165) is 0 Å². The molecule has 0 radical (unpaired) electrons. The number of aromatic hydroxyl groups is 1. The highest BCUT2D eigenvalue weighted by Gasteiger charge is 2.19. The van der Waals surface area contributed by atoms with Gasteiger partial charge in [0.05, 0.1) is 11.6 Å². The topological polar surface area (TPSA) is 99.4 Å². The summed E-state index contributed by atoms with van der Waals surface area (Å²) < 4.78 is 5.86. The fourth-order valence-electron chi connectivity index (χ4n) is 1.30. The molecule has 0 aliphatic carbocycles. The summed E-state index contributed by atoms with van der Waals surface area (Å²) >= 11 is 6.36. The van der Waals surface area contributed by atoms with Crippen molar-refractivity contribution in [1.29, 1.82) is 0 Å². The monoisotopic (exact) mass is 381 g/mol. The molecule has 0 heterocycles. The first-order valence-corrected chi connectivity index (χ1v) is 6.19. The molecule has 1 aromatic rings. The third kappa shape index (κ3) is 2.94. The first-order valence-electron chi connectivity index (χ1n) is 4.60. The smallest absolute Gasteiger partial charge is 0.354 e. The molecule has 8 heteroatoms. The Hall–Kier alpha value is -1.28. The maximum absolute atomic E-state index is 10.7. The molecule has 0 saturated carbocycles. The number of carboxylic acid groups (broad SMARTS) is 1.